The molecule has 7 atom stereocenters. The van der Waals surface area contributed by atoms with Crippen molar-refractivity contribution in [3.05, 3.63) is 23.8 Å². The van der Waals surface area contributed by atoms with E-state index in [1.54, 1.807) is 5.57 Å². The lowest BCUT2D eigenvalue weighted by Gasteiger charge is -2.69. The number of Topliss-reactive ketones (excluding diaryl/α,β-unsaturated/α-hetero) is 1. The van der Waals surface area contributed by atoms with Crippen molar-refractivity contribution in [1.29, 1.82) is 0 Å². The van der Waals surface area contributed by atoms with Crippen LogP contribution >= 0.6 is 0 Å². The highest BCUT2D eigenvalue weighted by atomic mass is 16.1. The van der Waals surface area contributed by atoms with Gasteiger partial charge in [-0.1, -0.05) is 51.8 Å². The molecule has 0 heterocycles. The molecule has 4 rings (SSSR count). The van der Waals surface area contributed by atoms with Crippen LogP contribution in [0.15, 0.2) is 23.8 Å². The van der Waals surface area contributed by atoms with Gasteiger partial charge in [-0.15, -0.1) is 6.58 Å². The Labute approximate surface area is 192 Å². The van der Waals surface area contributed by atoms with Crippen LogP contribution < -0.4 is 0 Å². The molecule has 0 radical (unpaired) electrons. The second kappa shape index (κ2) is 7.59. The molecule has 4 aliphatic rings. The van der Waals surface area contributed by atoms with E-state index in [2.05, 4.69) is 61.1 Å². The van der Waals surface area contributed by atoms with Crippen LogP contribution in [0.1, 0.15) is 113 Å². The van der Waals surface area contributed by atoms with Gasteiger partial charge in [-0.3, -0.25) is 4.79 Å². The summed E-state index contributed by atoms with van der Waals surface area (Å²) in [5.74, 6) is 3.49. The number of fused-ring (bicyclic) bond motifs is 5. The Kier molecular flexibility index (Phi) is 5.71. The molecular formula is C30H48O. The number of hydrogen-bond donors (Lipinski definition) is 0. The first kappa shape index (κ1) is 23.3. The summed E-state index contributed by atoms with van der Waals surface area (Å²) in [6.07, 6.45) is 14.9. The van der Waals surface area contributed by atoms with Gasteiger partial charge in [-0.2, -0.15) is 0 Å². The van der Waals surface area contributed by atoms with Gasteiger partial charge in [-0.25, -0.2) is 0 Å². The highest BCUT2D eigenvalue weighted by Crippen LogP contribution is 2.75. The molecule has 0 saturated heterocycles. The van der Waals surface area contributed by atoms with Gasteiger partial charge in [0.1, 0.15) is 5.78 Å². The average Bonchev–Trinajstić information content (AvgIpc) is 3.03. The minimum atomic E-state index is -0.132. The Morgan fingerprint density at radius 2 is 1.61 bits per heavy atom. The fourth-order valence-corrected chi connectivity index (χ4v) is 9.79. The standard InChI is InChI=1S/C30H48O/c1-20(2)10-9-11-21(3)22-14-18-29(7)23(22)12-13-25-28(6)17-16-26(31)27(4,5)24(28)15-19-30(25,29)8/h11,22-25H,1,9-10,12-19H2,2-8H3/b21-11-/t22-,23-,24+,25-,28+,29-,30-/m1/s1. The second-order valence-corrected chi connectivity index (χ2v) is 13.4. The summed E-state index contributed by atoms with van der Waals surface area (Å²) in [7, 11) is 0. The van der Waals surface area contributed by atoms with Gasteiger partial charge in [0.2, 0.25) is 0 Å². The lowest BCUT2D eigenvalue weighted by molar-refractivity contribution is -0.201. The van der Waals surface area contributed by atoms with Crippen LogP contribution in [0, 0.1) is 45.3 Å². The number of ketones is 1. The molecule has 31 heavy (non-hydrogen) atoms. The molecule has 0 amide bonds. The Balaban J connectivity index is 1.62. The molecule has 0 N–H and O–H groups in total. The fraction of sp³-hybridized carbons (Fsp3) is 0.833. The molecule has 0 aromatic carbocycles. The van der Waals surface area contributed by atoms with Crippen molar-refractivity contribution in [1.82, 2.24) is 0 Å². The molecule has 0 spiro atoms. The molecule has 1 heteroatoms. The van der Waals surface area contributed by atoms with Gasteiger partial charge in [0.15, 0.2) is 0 Å². The topological polar surface area (TPSA) is 17.1 Å². The van der Waals surface area contributed by atoms with Crippen molar-refractivity contribution in [2.24, 2.45) is 45.3 Å². The Hall–Kier alpha value is -0.850. The van der Waals surface area contributed by atoms with Crippen molar-refractivity contribution in [2.45, 2.75) is 113 Å². The third-order valence-corrected chi connectivity index (χ3v) is 11.8. The van der Waals surface area contributed by atoms with Crippen molar-refractivity contribution in [3.8, 4) is 0 Å². The van der Waals surface area contributed by atoms with Crippen LogP contribution in [-0.4, -0.2) is 5.78 Å². The van der Waals surface area contributed by atoms with Gasteiger partial charge in [0.25, 0.3) is 0 Å². The molecule has 0 aliphatic heterocycles. The number of hydrogen-bond acceptors (Lipinski definition) is 1. The largest absolute Gasteiger partial charge is 0.299 e. The van der Waals surface area contributed by atoms with Gasteiger partial charge in [-0.05, 0) is 112 Å². The van der Waals surface area contributed by atoms with Crippen molar-refractivity contribution >= 4 is 5.78 Å². The third-order valence-electron chi connectivity index (χ3n) is 11.8. The van der Waals surface area contributed by atoms with Gasteiger partial charge < -0.3 is 0 Å². The fourth-order valence-electron chi connectivity index (χ4n) is 9.79. The summed E-state index contributed by atoms with van der Waals surface area (Å²) in [6, 6.07) is 0. The summed E-state index contributed by atoms with van der Waals surface area (Å²) >= 11 is 0. The zero-order chi connectivity index (χ0) is 22.8. The Morgan fingerprint density at radius 3 is 2.29 bits per heavy atom. The number of carbonyl (C=O) groups is 1. The van der Waals surface area contributed by atoms with Gasteiger partial charge in [0, 0.05) is 11.8 Å². The molecule has 0 aromatic rings. The molecule has 4 fully saturated rings. The first-order valence-electron chi connectivity index (χ1n) is 13.2. The van der Waals surface area contributed by atoms with E-state index in [9.17, 15) is 4.79 Å². The maximum atomic E-state index is 12.8. The van der Waals surface area contributed by atoms with E-state index in [0.717, 1.165) is 43.4 Å². The Morgan fingerprint density at radius 1 is 0.935 bits per heavy atom. The smallest absolute Gasteiger partial charge is 0.138 e. The predicted molar refractivity (Wildman–Crippen MR) is 132 cm³/mol. The highest BCUT2D eigenvalue weighted by Gasteiger charge is 2.68. The van der Waals surface area contributed by atoms with Crippen LogP contribution in [0.3, 0.4) is 0 Å². The number of allylic oxidation sites excluding steroid dienone is 3. The monoisotopic (exact) mass is 424 g/mol. The summed E-state index contributed by atoms with van der Waals surface area (Å²) < 4.78 is 0. The minimum Gasteiger partial charge on any atom is -0.299 e. The Bertz CT molecular complexity index is 786. The SMILES string of the molecule is C=C(C)CC/C=C(/C)[C@H]1CC[C@]2(C)[C@@H]1CC[C@@H]1[C@@]3(C)CCC(=O)C(C)(C)[C@@H]3CC[C@]12C. The van der Waals surface area contributed by atoms with Crippen molar-refractivity contribution in [3.63, 3.8) is 0 Å². The summed E-state index contributed by atoms with van der Waals surface area (Å²) in [5.41, 5.74) is 4.03. The molecule has 0 bridgehead atoms. The quantitative estimate of drug-likeness (QED) is 0.413. The molecule has 0 aromatic heterocycles. The molecular weight excluding hydrogens is 376 g/mol. The summed E-state index contributed by atoms with van der Waals surface area (Å²) in [6.45, 7) is 21.1. The maximum absolute atomic E-state index is 12.8. The second-order valence-electron chi connectivity index (χ2n) is 13.4. The average molecular weight is 425 g/mol. The van der Waals surface area contributed by atoms with E-state index in [0.29, 0.717) is 27.9 Å². The highest BCUT2D eigenvalue weighted by molar-refractivity contribution is 5.85. The van der Waals surface area contributed by atoms with Crippen molar-refractivity contribution in [2.75, 3.05) is 0 Å². The van der Waals surface area contributed by atoms with E-state index >= 15 is 0 Å². The number of rotatable bonds is 4. The third kappa shape index (κ3) is 3.26. The van der Waals surface area contributed by atoms with E-state index in [1.807, 2.05) is 0 Å². The summed E-state index contributed by atoms with van der Waals surface area (Å²) in [5, 5.41) is 0. The van der Waals surface area contributed by atoms with E-state index in [4.69, 9.17) is 0 Å². The van der Waals surface area contributed by atoms with Gasteiger partial charge >= 0.3 is 0 Å². The van der Waals surface area contributed by atoms with E-state index in [-0.39, 0.29) is 5.41 Å². The van der Waals surface area contributed by atoms with Crippen molar-refractivity contribution < 1.29 is 4.79 Å². The van der Waals surface area contributed by atoms with Crippen LogP contribution in [0.2, 0.25) is 0 Å². The molecule has 1 nitrogen and oxygen atoms in total. The summed E-state index contributed by atoms with van der Waals surface area (Å²) in [4.78, 5) is 12.8. The lowest BCUT2D eigenvalue weighted by Crippen LogP contribution is -2.63. The molecule has 4 aliphatic carbocycles. The van der Waals surface area contributed by atoms with E-state index < -0.39 is 0 Å². The zero-order valence-electron chi connectivity index (χ0n) is 21.6. The molecule has 4 saturated carbocycles. The van der Waals surface area contributed by atoms with E-state index in [1.165, 1.54) is 44.1 Å². The molecule has 0 unspecified atom stereocenters. The molecule has 174 valence electrons. The predicted octanol–water partition coefficient (Wildman–Crippen LogP) is 8.54. The maximum Gasteiger partial charge on any atom is 0.138 e. The first-order valence-corrected chi connectivity index (χ1v) is 13.2. The normalized spacial score (nSPS) is 46.8. The van der Waals surface area contributed by atoms with Gasteiger partial charge in [0.05, 0.1) is 0 Å². The van der Waals surface area contributed by atoms with Crippen LogP contribution in [0.5, 0.6) is 0 Å². The number of carbonyl (C=O) groups excluding carboxylic acids is 1. The zero-order valence-corrected chi connectivity index (χ0v) is 21.6. The van der Waals surface area contributed by atoms with Crippen LogP contribution in [0.4, 0.5) is 0 Å². The van der Waals surface area contributed by atoms with Crippen LogP contribution in [0.25, 0.3) is 0 Å². The minimum absolute atomic E-state index is 0.132. The van der Waals surface area contributed by atoms with Crippen LogP contribution in [-0.2, 0) is 4.79 Å². The first-order chi connectivity index (χ1) is 14.4. The lowest BCUT2D eigenvalue weighted by atomic mass is 9.35.